The van der Waals surface area contributed by atoms with Crippen LogP contribution in [0.1, 0.15) is 1.43 Å². The van der Waals surface area contributed by atoms with Crippen molar-refractivity contribution < 1.29 is 29.0 Å². The second-order valence-electron chi connectivity index (χ2n) is 0.260. The van der Waals surface area contributed by atoms with Gasteiger partial charge in [-0.3, -0.25) is 9.35 Å². The Kier molecular flexibility index (Phi) is 8.57. The predicted molar refractivity (Wildman–Crippen MR) is 14.2 cm³/mol. The molecule has 0 heterocycles. The summed E-state index contributed by atoms with van der Waals surface area (Å²) in [4.78, 5) is 0. The van der Waals surface area contributed by atoms with Gasteiger partial charge in [0.1, 0.15) is 0 Å². The van der Waals surface area contributed by atoms with Gasteiger partial charge in [-0.05, 0) is 0 Å². The molecule has 0 saturated heterocycles. The van der Waals surface area contributed by atoms with Crippen LogP contribution in [0.3, 0.4) is 0 Å². The molecule has 0 aliphatic carbocycles. The van der Waals surface area contributed by atoms with Crippen LogP contribution in [0.4, 0.5) is 0 Å². The van der Waals surface area contributed by atoms with E-state index in [1.165, 1.54) is 0 Å². The smallest absolute Gasteiger partial charge is 1.00 e. The van der Waals surface area contributed by atoms with E-state index in [0.29, 0.717) is 0 Å². The van der Waals surface area contributed by atoms with Crippen molar-refractivity contribution >= 4 is 11.3 Å². The average molecular weight is 88.0 g/mol. The van der Waals surface area contributed by atoms with Gasteiger partial charge >= 0.3 is 18.9 Å². The van der Waals surface area contributed by atoms with E-state index in [1.807, 2.05) is 0 Å². The SMILES string of the molecule is NS(=O)[O-].[H-].[Li+]. The Morgan fingerprint density at radius 3 is 2.00 bits per heavy atom. The molecule has 2 N–H and O–H groups in total. The van der Waals surface area contributed by atoms with Gasteiger partial charge in [-0.1, -0.05) is 0 Å². The minimum Gasteiger partial charge on any atom is -1.00 e. The Balaban J connectivity index is -0.0000000450. The average Bonchev–Trinajstić information content (AvgIpc) is 0.811. The Morgan fingerprint density at radius 2 is 2.00 bits per heavy atom. The zero-order valence-electron chi connectivity index (χ0n) is 3.80. The summed E-state index contributed by atoms with van der Waals surface area (Å²) < 4.78 is 17.6. The predicted octanol–water partition coefficient (Wildman–Crippen LogP) is -4.14. The molecule has 0 bridgehead atoms. The molecule has 28 valence electrons. The first kappa shape index (κ1) is 9.18. The molecule has 1 unspecified atom stereocenters. The first-order chi connectivity index (χ1) is 1.73. The van der Waals surface area contributed by atoms with Gasteiger partial charge in [-0.2, -0.15) is 0 Å². The number of rotatable bonds is 0. The first-order valence-corrected chi connectivity index (χ1v) is 1.71. The van der Waals surface area contributed by atoms with Gasteiger partial charge in [-0.25, -0.2) is 0 Å². The van der Waals surface area contributed by atoms with Crippen LogP contribution in [0.15, 0.2) is 0 Å². The van der Waals surface area contributed by atoms with Crippen molar-refractivity contribution in [3.05, 3.63) is 0 Å². The molecular formula is H3LiNO2S-. The molecule has 0 spiro atoms. The zero-order valence-corrected chi connectivity index (χ0v) is 3.62. The van der Waals surface area contributed by atoms with Crippen LogP contribution in [0.25, 0.3) is 0 Å². The summed E-state index contributed by atoms with van der Waals surface area (Å²) in [6.45, 7) is 0. The maximum atomic E-state index is 8.78. The summed E-state index contributed by atoms with van der Waals surface area (Å²) in [5.41, 5.74) is 0. The fraction of sp³-hybridized carbons (Fsp3) is 0. The third kappa shape index (κ3) is 74.6. The van der Waals surface area contributed by atoms with Gasteiger partial charge in [0.05, 0.1) is 0 Å². The zero-order chi connectivity index (χ0) is 3.58. The molecule has 0 aromatic carbocycles. The van der Waals surface area contributed by atoms with Crippen LogP contribution >= 0.6 is 0 Å². The van der Waals surface area contributed by atoms with Gasteiger partial charge in [-0.15, -0.1) is 0 Å². The molecular weight excluding hydrogens is 85.0 g/mol. The normalized spacial score (nSPS) is 12.4. The molecule has 0 fully saturated rings. The van der Waals surface area contributed by atoms with E-state index in [9.17, 15) is 0 Å². The van der Waals surface area contributed by atoms with E-state index >= 15 is 0 Å². The maximum absolute atomic E-state index is 8.78. The maximum Gasteiger partial charge on any atom is 1.00 e. The van der Waals surface area contributed by atoms with Crippen molar-refractivity contribution in [2.45, 2.75) is 0 Å². The minimum absolute atomic E-state index is 0. The minimum atomic E-state index is -2.36. The van der Waals surface area contributed by atoms with Crippen molar-refractivity contribution in [3.63, 3.8) is 0 Å². The molecule has 0 radical (unpaired) electrons. The summed E-state index contributed by atoms with van der Waals surface area (Å²) in [6, 6.07) is 0. The third-order valence-corrected chi connectivity index (χ3v) is 0. The third-order valence-electron chi connectivity index (χ3n) is 0. The molecule has 0 amide bonds. The number of hydrogen-bond acceptors (Lipinski definition) is 2. The Bertz CT molecular complexity index is 36.5. The molecule has 0 aliphatic rings. The molecule has 5 heteroatoms. The molecule has 0 aliphatic heterocycles. The molecule has 0 aromatic rings. The largest absolute Gasteiger partial charge is 1.00 e. The summed E-state index contributed by atoms with van der Waals surface area (Å²) in [6.07, 6.45) is 0. The molecule has 0 saturated carbocycles. The van der Waals surface area contributed by atoms with Gasteiger partial charge in [0.2, 0.25) is 0 Å². The number of nitrogens with two attached hydrogens (primary N) is 1. The van der Waals surface area contributed by atoms with Crippen molar-refractivity contribution in [3.8, 4) is 0 Å². The van der Waals surface area contributed by atoms with E-state index in [4.69, 9.17) is 8.76 Å². The molecule has 0 aromatic heterocycles. The first-order valence-electron chi connectivity index (χ1n) is 0.569. The Morgan fingerprint density at radius 1 is 2.00 bits per heavy atom. The van der Waals surface area contributed by atoms with Crippen LogP contribution in [-0.4, -0.2) is 8.76 Å². The standard InChI is InChI=1S/Li.H3NO2S.H/c;1-4(2)3;/h;1H2,(H,2,3);/q+1;;-1/p-1. The van der Waals surface area contributed by atoms with Crippen molar-refractivity contribution in [1.29, 1.82) is 0 Å². The Hall–Kier alpha value is 0.667. The van der Waals surface area contributed by atoms with Crippen LogP contribution in [-0.2, 0) is 11.3 Å². The van der Waals surface area contributed by atoms with Crippen LogP contribution < -0.4 is 24.0 Å². The van der Waals surface area contributed by atoms with Crippen LogP contribution in [0.2, 0.25) is 0 Å². The van der Waals surface area contributed by atoms with Gasteiger partial charge < -0.3 is 5.98 Å². The molecule has 0 rings (SSSR count). The van der Waals surface area contributed by atoms with Crippen molar-refractivity contribution in [2.24, 2.45) is 5.14 Å². The topological polar surface area (TPSA) is 66.2 Å². The van der Waals surface area contributed by atoms with E-state index in [-0.39, 0.29) is 20.3 Å². The summed E-state index contributed by atoms with van der Waals surface area (Å²) in [5, 5.41) is 4.03. The van der Waals surface area contributed by atoms with E-state index in [1.54, 1.807) is 0 Å². The van der Waals surface area contributed by atoms with Crippen molar-refractivity contribution in [1.82, 2.24) is 0 Å². The quantitative estimate of drug-likeness (QED) is 0.241. The second-order valence-corrected chi connectivity index (χ2v) is 0.781. The summed E-state index contributed by atoms with van der Waals surface area (Å²) in [5.74, 6) is 0. The van der Waals surface area contributed by atoms with Gasteiger partial charge in [0.25, 0.3) is 0 Å². The fourth-order valence-corrected chi connectivity index (χ4v) is 0. The van der Waals surface area contributed by atoms with E-state index in [0.717, 1.165) is 0 Å². The van der Waals surface area contributed by atoms with Crippen LogP contribution in [0, 0.1) is 0 Å². The van der Waals surface area contributed by atoms with E-state index < -0.39 is 11.3 Å². The second kappa shape index (κ2) is 4.67. The molecule has 1 atom stereocenters. The van der Waals surface area contributed by atoms with Gasteiger partial charge in [0, 0.05) is 11.3 Å². The summed E-state index contributed by atoms with van der Waals surface area (Å²) >= 11 is -2.36. The van der Waals surface area contributed by atoms with Crippen molar-refractivity contribution in [2.75, 3.05) is 0 Å². The van der Waals surface area contributed by atoms with E-state index in [2.05, 4.69) is 5.14 Å². The molecule has 5 heavy (non-hydrogen) atoms. The summed E-state index contributed by atoms with van der Waals surface area (Å²) in [7, 11) is 0. The Labute approximate surface area is 46.0 Å². The molecule has 3 nitrogen and oxygen atoms in total. The van der Waals surface area contributed by atoms with Crippen LogP contribution in [0.5, 0.6) is 0 Å². The van der Waals surface area contributed by atoms with Gasteiger partial charge in [0.15, 0.2) is 0 Å². The monoisotopic (exact) mass is 88.0 g/mol. The fourth-order valence-electron chi connectivity index (χ4n) is 0. The number of hydrogen-bond donors (Lipinski definition) is 1.